The van der Waals surface area contributed by atoms with Crippen molar-refractivity contribution in [3.63, 3.8) is 0 Å². The first-order valence-electron chi connectivity index (χ1n) is 10.8. The van der Waals surface area contributed by atoms with E-state index in [-0.39, 0.29) is 11.8 Å². The highest BCUT2D eigenvalue weighted by atomic mass is 16.3. The minimum atomic E-state index is -0.116. The lowest BCUT2D eigenvalue weighted by atomic mass is 9.90. The smallest absolute Gasteiger partial charge is 0.275 e. The second-order valence-corrected chi connectivity index (χ2v) is 8.33. The molecule has 2 aliphatic rings. The van der Waals surface area contributed by atoms with Crippen LogP contribution in [0.5, 0.6) is 0 Å². The predicted octanol–water partition coefficient (Wildman–Crippen LogP) is 2.43. The summed E-state index contributed by atoms with van der Waals surface area (Å²) in [6.45, 7) is 6.47. The van der Waals surface area contributed by atoms with Crippen LogP contribution in [0.1, 0.15) is 41.7 Å². The third-order valence-corrected chi connectivity index (χ3v) is 6.22. The van der Waals surface area contributed by atoms with E-state index in [1.54, 1.807) is 16.7 Å². The lowest BCUT2D eigenvalue weighted by molar-refractivity contribution is -0.130. The molecule has 0 N–H and O–H groups in total. The normalized spacial score (nSPS) is 18.6. The van der Waals surface area contributed by atoms with Crippen molar-refractivity contribution in [3.05, 3.63) is 53.7 Å². The molecule has 1 aromatic heterocycles. The molecule has 2 fully saturated rings. The Labute approximate surface area is 177 Å². The molecule has 0 radical (unpaired) electrons. The Hall–Kier alpha value is -2.67. The van der Waals surface area contributed by atoms with E-state index in [1.165, 1.54) is 24.7 Å². The lowest BCUT2D eigenvalue weighted by Crippen LogP contribution is -2.50. The van der Waals surface area contributed by atoms with Gasteiger partial charge < -0.3 is 14.2 Å². The summed E-state index contributed by atoms with van der Waals surface area (Å²) in [4.78, 5) is 34.4. The summed E-state index contributed by atoms with van der Waals surface area (Å²) in [6, 6.07) is 10.7. The van der Waals surface area contributed by atoms with Gasteiger partial charge in [0.15, 0.2) is 5.69 Å². The van der Waals surface area contributed by atoms with E-state index in [0.717, 1.165) is 25.4 Å². The Morgan fingerprint density at radius 2 is 1.67 bits per heavy atom. The highest BCUT2D eigenvalue weighted by molar-refractivity contribution is 5.92. The molecular weight excluding hydrogens is 380 g/mol. The summed E-state index contributed by atoms with van der Waals surface area (Å²) in [5, 5.41) is 0. The van der Waals surface area contributed by atoms with Crippen LogP contribution in [0.4, 0.5) is 0 Å². The van der Waals surface area contributed by atoms with Gasteiger partial charge in [0.25, 0.3) is 5.91 Å². The molecule has 0 unspecified atom stereocenters. The SMILES string of the molecule is CC(=O)N1CCN(C(=O)c2coc(CN3CCC(Cc4ccccc4)CC3)n2)CC1. The van der Waals surface area contributed by atoms with Crippen molar-refractivity contribution >= 4 is 11.8 Å². The van der Waals surface area contributed by atoms with Gasteiger partial charge in [-0.3, -0.25) is 14.5 Å². The molecule has 7 nitrogen and oxygen atoms in total. The number of aromatic nitrogens is 1. The Bertz CT molecular complexity index is 850. The Kier molecular flexibility index (Phi) is 6.47. The first-order valence-corrected chi connectivity index (χ1v) is 10.8. The molecule has 0 spiro atoms. The maximum atomic E-state index is 12.7. The summed E-state index contributed by atoms with van der Waals surface area (Å²) >= 11 is 0. The summed E-state index contributed by atoms with van der Waals surface area (Å²) in [5.74, 6) is 1.26. The number of carbonyl (C=O) groups excluding carboxylic acids is 2. The van der Waals surface area contributed by atoms with Gasteiger partial charge >= 0.3 is 0 Å². The molecule has 2 saturated heterocycles. The average Bonchev–Trinajstić information content (AvgIpc) is 3.24. The monoisotopic (exact) mass is 410 g/mol. The van der Waals surface area contributed by atoms with Crippen LogP contribution in [0.25, 0.3) is 0 Å². The van der Waals surface area contributed by atoms with Gasteiger partial charge in [0.05, 0.1) is 6.54 Å². The molecule has 4 rings (SSSR count). The zero-order chi connectivity index (χ0) is 20.9. The van der Waals surface area contributed by atoms with Crippen LogP contribution in [0.15, 0.2) is 41.0 Å². The van der Waals surface area contributed by atoms with Gasteiger partial charge in [0.1, 0.15) is 6.26 Å². The Morgan fingerprint density at radius 1 is 1.00 bits per heavy atom. The van der Waals surface area contributed by atoms with Gasteiger partial charge in [-0.1, -0.05) is 30.3 Å². The average molecular weight is 411 g/mol. The highest BCUT2D eigenvalue weighted by Crippen LogP contribution is 2.23. The second-order valence-electron chi connectivity index (χ2n) is 8.33. The van der Waals surface area contributed by atoms with Gasteiger partial charge in [-0.15, -0.1) is 0 Å². The van der Waals surface area contributed by atoms with E-state index in [9.17, 15) is 9.59 Å². The van der Waals surface area contributed by atoms with Gasteiger partial charge in [-0.05, 0) is 43.8 Å². The molecule has 30 heavy (non-hydrogen) atoms. The van der Waals surface area contributed by atoms with Crippen molar-refractivity contribution in [2.24, 2.45) is 5.92 Å². The molecule has 7 heteroatoms. The summed E-state index contributed by atoms with van der Waals surface area (Å²) in [7, 11) is 0. The molecule has 0 saturated carbocycles. The topological polar surface area (TPSA) is 69.9 Å². The first-order chi connectivity index (χ1) is 14.6. The van der Waals surface area contributed by atoms with Crippen molar-refractivity contribution < 1.29 is 14.0 Å². The van der Waals surface area contributed by atoms with Crippen LogP contribution in [0, 0.1) is 5.92 Å². The van der Waals surface area contributed by atoms with Crippen LogP contribution in [-0.4, -0.2) is 70.8 Å². The minimum Gasteiger partial charge on any atom is -0.447 e. The van der Waals surface area contributed by atoms with E-state index >= 15 is 0 Å². The second kappa shape index (κ2) is 9.43. The fourth-order valence-corrected chi connectivity index (χ4v) is 4.36. The number of benzene rings is 1. The highest BCUT2D eigenvalue weighted by Gasteiger charge is 2.26. The van der Waals surface area contributed by atoms with E-state index in [0.29, 0.717) is 44.3 Å². The quantitative estimate of drug-likeness (QED) is 0.757. The molecule has 0 atom stereocenters. The molecule has 2 aliphatic heterocycles. The van der Waals surface area contributed by atoms with Crippen molar-refractivity contribution in [1.82, 2.24) is 19.7 Å². The summed E-state index contributed by atoms with van der Waals surface area (Å²) in [5.41, 5.74) is 1.77. The number of amides is 2. The van der Waals surface area contributed by atoms with Crippen molar-refractivity contribution in [2.75, 3.05) is 39.3 Å². The fraction of sp³-hybridized carbons (Fsp3) is 0.522. The predicted molar refractivity (Wildman–Crippen MR) is 113 cm³/mol. The minimum absolute atomic E-state index is 0.0540. The number of likely N-dealkylation sites (tertiary alicyclic amines) is 1. The molecule has 0 aliphatic carbocycles. The van der Waals surface area contributed by atoms with E-state index in [4.69, 9.17) is 4.42 Å². The Morgan fingerprint density at radius 3 is 2.33 bits per heavy atom. The largest absolute Gasteiger partial charge is 0.447 e. The number of rotatable bonds is 5. The maximum absolute atomic E-state index is 12.7. The third kappa shape index (κ3) is 5.08. The van der Waals surface area contributed by atoms with E-state index in [2.05, 4.69) is 40.2 Å². The van der Waals surface area contributed by atoms with Crippen LogP contribution in [0.2, 0.25) is 0 Å². The molecular formula is C23H30N4O3. The van der Waals surface area contributed by atoms with Crippen LogP contribution < -0.4 is 0 Å². The maximum Gasteiger partial charge on any atom is 0.275 e. The van der Waals surface area contributed by atoms with E-state index < -0.39 is 0 Å². The number of piperazine rings is 1. The number of hydrogen-bond donors (Lipinski definition) is 0. The Balaban J connectivity index is 1.24. The van der Waals surface area contributed by atoms with Gasteiger partial charge in [0, 0.05) is 33.1 Å². The zero-order valence-corrected chi connectivity index (χ0v) is 17.6. The van der Waals surface area contributed by atoms with Crippen molar-refractivity contribution in [1.29, 1.82) is 0 Å². The lowest BCUT2D eigenvalue weighted by Gasteiger charge is -2.33. The van der Waals surface area contributed by atoms with E-state index in [1.807, 2.05) is 0 Å². The van der Waals surface area contributed by atoms with Crippen LogP contribution >= 0.6 is 0 Å². The van der Waals surface area contributed by atoms with Crippen molar-refractivity contribution in [3.8, 4) is 0 Å². The molecule has 1 aromatic carbocycles. The standard InChI is InChI=1S/C23H30N4O3/c1-18(28)26-11-13-27(14-12-26)23(29)21-17-30-22(24-21)16-25-9-7-20(8-10-25)15-19-5-3-2-4-6-19/h2-6,17,20H,7-16H2,1H3. The van der Waals surface area contributed by atoms with Crippen LogP contribution in [-0.2, 0) is 17.8 Å². The fourth-order valence-electron chi connectivity index (χ4n) is 4.36. The molecule has 2 amide bonds. The van der Waals surface area contributed by atoms with Gasteiger partial charge in [-0.25, -0.2) is 4.98 Å². The number of nitrogens with zero attached hydrogens (tertiary/aromatic N) is 4. The molecule has 3 heterocycles. The van der Waals surface area contributed by atoms with Crippen LogP contribution in [0.3, 0.4) is 0 Å². The van der Waals surface area contributed by atoms with Gasteiger partial charge in [0.2, 0.25) is 11.8 Å². The number of carbonyl (C=O) groups is 2. The number of piperidine rings is 1. The number of hydrogen-bond acceptors (Lipinski definition) is 5. The van der Waals surface area contributed by atoms with Gasteiger partial charge in [-0.2, -0.15) is 0 Å². The molecule has 2 aromatic rings. The summed E-state index contributed by atoms with van der Waals surface area (Å²) in [6.07, 6.45) is 4.95. The van der Waals surface area contributed by atoms with Crippen molar-refractivity contribution in [2.45, 2.75) is 32.7 Å². The number of oxazole rings is 1. The molecule has 160 valence electrons. The molecule has 0 bridgehead atoms. The zero-order valence-electron chi connectivity index (χ0n) is 17.6. The third-order valence-electron chi connectivity index (χ3n) is 6.22. The first kappa shape index (κ1) is 20.6. The summed E-state index contributed by atoms with van der Waals surface area (Å²) < 4.78 is 5.60.